The number of methoxy groups -OCH3 is 2. The predicted molar refractivity (Wildman–Crippen MR) is 237 cm³/mol. The van der Waals surface area contributed by atoms with E-state index in [1.165, 1.54) is 12.0 Å². The molecule has 0 spiro atoms. The minimum atomic E-state index is -2.32. The van der Waals surface area contributed by atoms with E-state index in [0.29, 0.717) is 37.4 Å². The zero-order valence-corrected chi connectivity index (χ0v) is 40.1. The molecule has 2 rings (SSSR count). The van der Waals surface area contributed by atoms with Gasteiger partial charge in [0, 0.05) is 41.3 Å². The third-order valence-electron chi connectivity index (χ3n) is 12.4. The highest BCUT2D eigenvalue weighted by Crippen LogP contribution is 2.30. The molecule has 1 aromatic rings. The molecule has 1 heterocycles. The summed E-state index contributed by atoms with van der Waals surface area (Å²) in [6, 6.07) is 6.54. The summed E-state index contributed by atoms with van der Waals surface area (Å²) in [6.07, 6.45) is 0.598. The van der Waals surface area contributed by atoms with Gasteiger partial charge in [0.15, 0.2) is 8.32 Å². The molecule has 4 N–H and O–H groups in total. The molecule has 1 saturated heterocycles. The van der Waals surface area contributed by atoms with Crippen LogP contribution in [0.5, 0.6) is 0 Å². The van der Waals surface area contributed by atoms with E-state index >= 15 is 0 Å². The lowest BCUT2D eigenvalue weighted by atomic mass is 9.89. The van der Waals surface area contributed by atoms with E-state index in [4.69, 9.17) is 9.47 Å². The molecular weight excluding hydrogens is 783 g/mol. The van der Waals surface area contributed by atoms with Gasteiger partial charge in [0.1, 0.15) is 12.1 Å². The van der Waals surface area contributed by atoms with Crippen LogP contribution in [0, 0.1) is 23.7 Å². The molecule has 10 atom stereocenters. The third kappa shape index (κ3) is 14.6. The van der Waals surface area contributed by atoms with Gasteiger partial charge < -0.3 is 44.7 Å². The van der Waals surface area contributed by atoms with Crippen LogP contribution in [0.3, 0.4) is 0 Å². The Morgan fingerprint density at radius 2 is 1.52 bits per heavy atom. The molecule has 342 valence electrons. The molecule has 0 unspecified atom stereocenters. The molecule has 1 aliphatic heterocycles. The number of ether oxygens (including phenoxy) is 2. The summed E-state index contributed by atoms with van der Waals surface area (Å²) >= 11 is 0. The molecule has 0 radical (unpaired) electrons. The zero-order chi connectivity index (χ0) is 45.6. The molecule has 0 bridgehead atoms. The first-order chi connectivity index (χ1) is 28.0. The number of amides is 5. The van der Waals surface area contributed by atoms with E-state index in [0.717, 1.165) is 6.42 Å². The number of carbonyl (C=O) groups excluding carboxylic acids is 5. The largest absolute Gasteiger partial charge is 0.432 e. The summed E-state index contributed by atoms with van der Waals surface area (Å²) in [6.45, 7) is 19.1. The first-order valence-electron chi connectivity index (χ1n) is 22.0. The highest BCUT2D eigenvalue weighted by molar-refractivity contribution is 6.69. The summed E-state index contributed by atoms with van der Waals surface area (Å²) in [7, 11) is 4.06. The van der Waals surface area contributed by atoms with Crippen molar-refractivity contribution < 1.29 is 43.3 Å². The Balaban J connectivity index is 2.26. The maximum atomic E-state index is 14.5. The quantitative estimate of drug-likeness (QED) is 0.107. The average Bonchev–Trinajstić information content (AvgIpc) is 3.68. The van der Waals surface area contributed by atoms with E-state index < -0.39 is 62.6 Å². The fourth-order valence-electron chi connectivity index (χ4n) is 8.58. The molecule has 15 heteroatoms. The number of aliphatic hydroxyl groups is 1. The number of nitrogens with one attached hydrogen (secondary N) is 2. The van der Waals surface area contributed by atoms with Crippen molar-refractivity contribution in [1.29, 1.82) is 0 Å². The topological polar surface area (TPSA) is 178 Å². The number of aliphatic hydroxyl groups excluding tert-OH is 1. The smallest absolute Gasteiger partial charge is 0.245 e. The number of likely N-dealkylation sites (N-methyl/N-ethyl adjacent to an activating group) is 2. The van der Waals surface area contributed by atoms with Gasteiger partial charge in [-0.1, -0.05) is 85.2 Å². The fraction of sp³-hybridized carbons (Fsp3) is 0.756. The maximum absolute atomic E-state index is 14.5. The molecule has 0 aromatic heterocycles. The van der Waals surface area contributed by atoms with Crippen LogP contribution in [-0.2, 0) is 33.4 Å². The minimum Gasteiger partial charge on any atom is -0.432 e. The van der Waals surface area contributed by atoms with E-state index in [1.807, 2.05) is 85.0 Å². The van der Waals surface area contributed by atoms with Gasteiger partial charge >= 0.3 is 0 Å². The van der Waals surface area contributed by atoms with Crippen molar-refractivity contribution in [2.24, 2.45) is 23.7 Å². The number of hydrogen-bond acceptors (Lipinski definition) is 9. The number of carbonyl (C=O) groups is 5. The van der Waals surface area contributed by atoms with E-state index in [-0.39, 0.29) is 60.3 Å². The lowest BCUT2D eigenvalue weighted by Crippen LogP contribution is -2.60. The SMILES string of the molecule is CC[C@H](C)[C@@H]([C@@H](CC(=O)N1CCC[C@H]1[C@@H](OC)[C@@H](C)C(=O)N[C@H](C)[C@@H](O)c1ccccc1)OC)N(C)C(=O)[C@@H](NC(=O)[C@H](C(C)C)N(C)C(=O)CCC[Si](C)(C)O)C(C)C. The Morgan fingerprint density at radius 1 is 0.900 bits per heavy atom. The molecular formula is C45H79N5O9Si. The number of rotatable bonds is 24. The number of likely N-dealkylation sites (tertiary alicyclic amines) is 1. The molecule has 1 fully saturated rings. The van der Waals surface area contributed by atoms with Gasteiger partial charge in [-0.25, -0.2) is 0 Å². The molecule has 60 heavy (non-hydrogen) atoms. The summed E-state index contributed by atoms with van der Waals surface area (Å²) < 4.78 is 12.0. The van der Waals surface area contributed by atoms with Gasteiger partial charge in [-0.05, 0) is 68.6 Å². The molecule has 1 aromatic carbocycles. The second-order valence-corrected chi connectivity index (χ2v) is 22.5. The van der Waals surface area contributed by atoms with Gasteiger partial charge in [0.05, 0.1) is 48.8 Å². The van der Waals surface area contributed by atoms with Gasteiger partial charge in [0.2, 0.25) is 29.5 Å². The highest BCUT2D eigenvalue weighted by atomic mass is 28.4. The number of nitrogens with zero attached hydrogens (tertiary/aromatic N) is 3. The Morgan fingerprint density at radius 3 is 2.03 bits per heavy atom. The molecule has 0 aliphatic carbocycles. The van der Waals surface area contributed by atoms with Gasteiger partial charge in [-0.2, -0.15) is 0 Å². The lowest BCUT2D eigenvalue weighted by molar-refractivity contribution is -0.148. The van der Waals surface area contributed by atoms with Crippen molar-refractivity contribution in [1.82, 2.24) is 25.3 Å². The normalized spacial score (nSPS) is 19.1. The van der Waals surface area contributed by atoms with Crippen LogP contribution in [0.15, 0.2) is 30.3 Å². The summed E-state index contributed by atoms with van der Waals surface area (Å²) in [5, 5.41) is 16.8. The van der Waals surface area contributed by atoms with Crippen molar-refractivity contribution in [3.8, 4) is 0 Å². The second kappa shape index (κ2) is 24.3. The van der Waals surface area contributed by atoms with Crippen LogP contribution in [0.4, 0.5) is 0 Å². The van der Waals surface area contributed by atoms with E-state index in [2.05, 4.69) is 10.6 Å². The highest BCUT2D eigenvalue weighted by Gasteiger charge is 2.43. The Labute approximate surface area is 361 Å². The van der Waals surface area contributed by atoms with E-state index in [1.54, 1.807) is 44.9 Å². The Hall–Kier alpha value is -3.37. The van der Waals surface area contributed by atoms with Crippen LogP contribution >= 0.6 is 0 Å². The van der Waals surface area contributed by atoms with Crippen LogP contribution in [0.25, 0.3) is 0 Å². The molecule has 5 amide bonds. The third-order valence-corrected chi connectivity index (χ3v) is 13.9. The maximum Gasteiger partial charge on any atom is 0.245 e. The average molecular weight is 862 g/mol. The van der Waals surface area contributed by atoms with Crippen molar-refractivity contribution in [3.05, 3.63) is 35.9 Å². The second-order valence-electron chi connectivity index (χ2n) is 18.3. The fourth-order valence-corrected chi connectivity index (χ4v) is 9.62. The monoisotopic (exact) mass is 862 g/mol. The summed E-state index contributed by atoms with van der Waals surface area (Å²) in [4.78, 5) is 84.5. The van der Waals surface area contributed by atoms with Crippen molar-refractivity contribution in [2.75, 3.05) is 34.9 Å². The van der Waals surface area contributed by atoms with Crippen LogP contribution in [0.2, 0.25) is 19.1 Å². The zero-order valence-electron chi connectivity index (χ0n) is 39.1. The predicted octanol–water partition coefficient (Wildman–Crippen LogP) is 4.75. The number of benzene rings is 1. The van der Waals surface area contributed by atoms with Gasteiger partial charge in [0.25, 0.3) is 0 Å². The summed E-state index contributed by atoms with van der Waals surface area (Å²) in [5.41, 5.74) is 0.696. The van der Waals surface area contributed by atoms with Crippen LogP contribution in [-0.4, -0.2) is 140 Å². The standard InChI is InChI=1S/C45H79N5O9Si/c1-15-30(6)40(49(10)45(56)38(28(2)3)47-44(55)39(29(4)5)48(9)36(51)24-20-26-60(13,14)57)35(58-11)27-37(52)50-25-19-23-34(50)42(59-12)31(7)43(54)46-32(8)41(53)33-21-17-16-18-22-33/h16-18,21-22,28-32,34-35,38-42,53,57H,15,19-20,23-27H2,1-14H3,(H,46,54)(H,47,55)/t30-,31+,32+,34-,35+,38-,39-,40-,41+,42-/m0/s1. The molecule has 1 aliphatic rings. The van der Waals surface area contributed by atoms with Gasteiger partial charge in [-0.15, -0.1) is 0 Å². The van der Waals surface area contributed by atoms with Crippen molar-refractivity contribution in [3.63, 3.8) is 0 Å². The molecule has 0 saturated carbocycles. The number of hydrogen-bond donors (Lipinski definition) is 4. The van der Waals surface area contributed by atoms with Gasteiger partial charge in [-0.3, -0.25) is 24.0 Å². The minimum absolute atomic E-state index is 0.0199. The van der Waals surface area contributed by atoms with Crippen LogP contribution in [0.1, 0.15) is 106 Å². The molecule has 14 nitrogen and oxygen atoms in total. The van der Waals surface area contributed by atoms with Crippen LogP contribution < -0.4 is 10.6 Å². The Bertz CT molecular complexity index is 1530. The first kappa shape index (κ1) is 52.8. The summed E-state index contributed by atoms with van der Waals surface area (Å²) in [5.74, 6) is -2.66. The first-order valence-corrected chi connectivity index (χ1v) is 25.1. The van der Waals surface area contributed by atoms with E-state index in [9.17, 15) is 33.9 Å². The van der Waals surface area contributed by atoms with Crippen molar-refractivity contribution >= 4 is 37.9 Å². The van der Waals surface area contributed by atoms with Crippen molar-refractivity contribution in [2.45, 2.75) is 162 Å². The lowest BCUT2D eigenvalue weighted by Gasteiger charge is -2.41. The Kier molecular flexibility index (Phi) is 21.4.